The van der Waals surface area contributed by atoms with Crippen LogP contribution in [0.25, 0.3) is 10.2 Å². The zero-order valence-electron chi connectivity index (χ0n) is 15.7. The molecule has 0 radical (unpaired) electrons. The summed E-state index contributed by atoms with van der Waals surface area (Å²) >= 11 is 7.51. The minimum Gasteiger partial charge on any atom is -0.308 e. The number of amides is 1. The van der Waals surface area contributed by atoms with E-state index < -0.39 is 9.84 Å². The first-order valence-corrected chi connectivity index (χ1v) is 11.6. The van der Waals surface area contributed by atoms with Crippen molar-refractivity contribution in [1.29, 1.82) is 0 Å². The van der Waals surface area contributed by atoms with Crippen molar-refractivity contribution >= 4 is 54.0 Å². The summed E-state index contributed by atoms with van der Waals surface area (Å²) < 4.78 is 24.9. The van der Waals surface area contributed by atoms with E-state index in [4.69, 9.17) is 11.6 Å². The molecule has 1 aromatic heterocycles. The summed E-state index contributed by atoms with van der Waals surface area (Å²) in [6.07, 6.45) is 1.15. The quantitative estimate of drug-likeness (QED) is 0.589. The van der Waals surface area contributed by atoms with Gasteiger partial charge in [-0.3, -0.25) is 9.69 Å². The van der Waals surface area contributed by atoms with Gasteiger partial charge in [0, 0.05) is 19.3 Å². The average Bonchev–Trinajstić information content (AvgIpc) is 3.04. The van der Waals surface area contributed by atoms with E-state index in [0.29, 0.717) is 39.0 Å². The van der Waals surface area contributed by atoms with Gasteiger partial charge in [0.25, 0.3) is 5.91 Å². The molecule has 0 aliphatic rings. The molecule has 0 saturated carbocycles. The number of para-hydroxylation sites is 1. The second-order valence-electron chi connectivity index (χ2n) is 6.61. The third kappa shape index (κ3) is 4.35. The van der Waals surface area contributed by atoms with Crippen LogP contribution < -0.4 is 4.90 Å². The Balaban J connectivity index is 2.11. The minimum atomic E-state index is -3.44. The first kappa shape index (κ1) is 20.7. The van der Waals surface area contributed by atoms with Crippen LogP contribution in [0.15, 0.2) is 47.4 Å². The number of likely N-dealkylation sites (N-methyl/N-ethyl adjacent to an activating group) is 1. The van der Waals surface area contributed by atoms with E-state index in [1.807, 2.05) is 19.0 Å². The molecule has 0 aliphatic heterocycles. The molecule has 0 aliphatic carbocycles. The highest BCUT2D eigenvalue weighted by atomic mass is 35.5. The number of halogens is 1. The number of hydrogen-bond donors (Lipinski definition) is 0. The van der Waals surface area contributed by atoms with Gasteiger partial charge in [0.2, 0.25) is 0 Å². The van der Waals surface area contributed by atoms with Crippen LogP contribution >= 0.6 is 22.9 Å². The number of sulfone groups is 1. The molecular formula is C19H20ClN3O3S2. The number of thiazole rings is 1. The molecule has 28 heavy (non-hydrogen) atoms. The van der Waals surface area contributed by atoms with Gasteiger partial charge in [0.15, 0.2) is 15.0 Å². The van der Waals surface area contributed by atoms with Crippen LogP contribution in [0.2, 0.25) is 5.02 Å². The van der Waals surface area contributed by atoms with Crippen molar-refractivity contribution in [2.75, 3.05) is 38.3 Å². The van der Waals surface area contributed by atoms with Gasteiger partial charge in [-0.25, -0.2) is 13.4 Å². The Hall–Kier alpha value is -2.00. The molecule has 3 rings (SSSR count). The predicted octanol–water partition coefficient (Wildman–Crippen LogP) is 3.56. The van der Waals surface area contributed by atoms with Crippen LogP contribution in [0.4, 0.5) is 5.13 Å². The van der Waals surface area contributed by atoms with E-state index in [-0.39, 0.29) is 10.8 Å². The van der Waals surface area contributed by atoms with Gasteiger partial charge in [-0.1, -0.05) is 41.1 Å². The lowest BCUT2D eigenvalue weighted by Crippen LogP contribution is -2.36. The number of aromatic nitrogens is 1. The lowest BCUT2D eigenvalue weighted by atomic mass is 10.2. The summed E-state index contributed by atoms with van der Waals surface area (Å²) in [6, 6.07) is 11.9. The number of hydrogen-bond acceptors (Lipinski definition) is 6. The van der Waals surface area contributed by atoms with Gasteiger partial charge < -0.3 is 4.90 Å². The highest BCUT2D eigenvalue weighted by Gasteiger charge is 2.24. The Morgan fingerprint density at radius 1 is 1.11 bits per heavy atom. The second-order valence-corrected chi connectivity index (χ2v) is 10.0. The molecule has 6 nitrogen and oxygen atoms in total. The van der Waals surface area contributed by atoms with Crippen LogP contribution in [0.5, 0.6) is 0 Å². The van der Waals surface area contributed by atoms with Crippen LogP contribution in [0, 0.1) is 0 Å². The zero-order valence-corrected chi connectivity index (χ0v) is 18.1. The summed E-state index contributed by atoms with van der Waals surface area (Å²) in [5.41, 5.74) is 0.761. The lowest BCUT2D eigenvalue weighted by molar-refractivity contribution is 0.0985. The number of rotatable bonds is 6. The van der Waals surface area contributed by atoms with E-state index in [9.17, 15) is 13.2 Å². The first-order chi connectivity index (χ1) is 13.2. The number of anilines is 1. The number of nitrogens with zero attached hydrogens (tertiary/aromatic N) is 3. The molecule has 0 N–H and O–H groups in total. The summed E-state index contributed by atoms with van der Waals surface area (Å²) in [4.78, 5) is 21.4. The Labute approximate surface area is 173 Å². The summed E-state index contributed by atoms with van der Waals surface area (Å²) in [6.45, 7) is 1.01. The number of carbonyl (C=O) groups excluding carboxylic acids is 1. The van der Waals surface area contributed by atoms with Crippen molar-refractivity contribution in [2.45, 2.75) is 4.90 Å². The van der Waals surface area contributed by atoms with E-state index >= 15 is 0 Å². The van der Waals surface area contributed by atoms with Crippen molar-refractivity contribution < 1.29 is 13.2 Å². The van der Waals surface area contributed by atoms with E-state index in [1.54, 1.807) is 41.3 Å². The predicted molar refractivity (Wildman–Crippen MR) is 114 cm³/mol. The standard InChI is InChI=1S/C19H20ClN3O3S2/c1-22(2)11-12-23(18(24)13-7-4-5-8-14(13)20)19-21-17-15(27-19)9-6-10-16(17)28(3,25)26/h4-10H,11-12H2,1-3H3. The minimum absolute atomic E-state index is 0.158. The molecule has 148 valence electrons. The molecule has 1 heterocycles. The Kier molecular flexibility index (Phi) is 6.04. The average molecular weight is 438 g/mol. The van der Waals surface area contributed by atoms with Crippen molar-refractivity contribution in [3.63, 3.8) is 0 Å². The number of benzene rings is 2. The molecule has 0 bridgehead atoms. The largest absolute Gasteiger partial charge is 0.308 e. The van der Waals surface area contributed by atoms with Crippen LogP contribution in [-0.4, -0.2) is 57.6 Å². The molecular weight excluding hydrogens is 418 g/mol. The van der Waals surface area contributed by atoms with Crippen molar-refractivity contribution in [3.05, 3.63) is 53.1 Å². The maximum atomic E-state index is 13.2. The molecule has 0 unspecified atom stereocenters. The highest BCUT2D eigenvalue weighted by molar-refractivity contribution is 7.91. The number of fused-ring (bicyclic) bond motifs is 1. The zero-order chi connectivity index (χ0) is 20.5. The van der Waals surface area contributed by atoms with Crippen LogP contribution in [-0.2, 0) is 9.84 Å². The Morgan fingerprint density at radius 3 is 2.46 bits per heavy atom. The molecule has 2 aromatic carbocycles. The molecule has 0 spiro atoms. The molecule has 9 heteroatoms. The smallest absolute Gasteiger partial charge is 0.261 e. The molecule has 0 fully saturated rings. The fraction of sp³-hybridized carbons (Fsp3) is 0.263. The summed E-state index contributed by atoms with van der Waals surface area (Å²) in [5, 5.41) is 0.804. The van der Waals surface area contributed by atoms with Crippen molar-refractivity contribution in [1.82, 2.24) is 9.88 Å². The fourth-order valence-corrected chi connectivity index (χ4v) is 4.82. The van der Waals surface area contributed by atoms with E-state index in [1.165, 1.54) is 17.4 Å². The highest BCUT2D eigenvalue weighted by Crippen LogP contribution is 2.33. The fourth-order valence-electron chi connectivity index (χ4n) is 2.69. The third-order valence-electron chi connectivity index (χ3n) is 4.12. The first-order valence-electron chi connectivity index (χ1n) is 8.49. The Bertz CT molecular complexity index is 1130. The van der Waals surface area contributed by atoms with Crippen LogP contribution in [0.1, 0.15) is 10.4 Å². The number of carbonyl (C=O) groups is 1. The van der Waals surface area contributed by atoms with E-state index in [2.05, 4.69) is 4.98 Å². The Morgan fingerprint density at radius 2 is 1.82 bits per heavy atom. The second kappa shape index (κ2) is 8.16. The third-order valence-corrected chi connectivity index (χ3v) is 6.62. The van der Waals surface area contributed by atoms with Crippen molar-refractivity contribution in [3.8, 4) is 0 Å². The maximum Gasteiger partial charge on any atom is 0.261 e. The lowest BCUT2D eigenvalue weighted by Gasteiger charge is -2.22. The van der Waals surface area contributed by atoms with Gasteiger partial charge in [-0.2, -0.15) is 0 Å². The monoisotopic (exact) mass is 437 g/mol. The summed E-state index contributed by atoms with van der Waals surface area (Å²) in [5.74, 6) is -0.271. The molecule has 3 aromatic rings. The van der Waals surface area contributed by atoms with Gasteiger partial charge in [-0.05, 0) is 38.4 Å². The molecule has 0 atom stereocenters. The van der Waals surface area contributed by atoms with Gasteiger partial charge in [0.05, 0.1) is 20.2 Å². The van der Waals surface area contributed by atoms with Crippen LogP contribution in [0.3, 0.4) is 0 Å². The van der Waals surface area contributed by atoms with Gasteiger partial charge >= 0.3 is 0 Å². The van der Waals surface area contributed by atoms with E-state index in [0.717, 1.165) is 6.26 Å². The summed E-state index contributed by atoms with van der Waals surface area (Å²) in [7, 11) is 0.395. The SMILES string of the molecule is CN(C)CCN(C(=O)c1ccccc1Cl)c1nc2c(S(C)(=O)=O)cccc2s1. The van der Waals surface area contributed by atoms with Gasteiger partial charge in [0.1, 0.15) is 5.52 Å². The van der Waals surface area contributed by atoms with Crippen molar-refractivity contribution in [2.24, 2.45) is 0 Å². The van der Waals surface area contributed by atoms with Gasteiger partial charge in [-0.15, -0.1) is 0 Å². The normalized spacial score (nSPS) is 11.9. The topological polar surface area (TPSA) is 70.6 Å². The molecule has 0 saturated heterocycles. The molecule has 1 amide bonds. The maximum absolute atomic E-state index is 13.2.